The number of ether oxygens (including phenoxy) is 2. The number of hydrazine groups is 2. The quantitative estimate of drug-likeness (QED) is 0.0493. The molecule has 0 saturated carbocycles. The maximum Gasteiger partial charge on any atom is 0.490 e. The number of aliphatic carboxylic acids is 1. The van der Waals surface area contributed by atoms with Crippen LogP contribution in [0.3, 0.4) is 0 Å². The fraction of sp³-hybridized carbons (Fsp3) is 0.312. The number of carbonyl (C=O) groups excluding carboxylic acids is 2. The number of hydrogen-bond donors (Lipinski definition) is 4. The number of nitrogens with one attached hydrogen (secondary N) is 3. The molecule has 386 valence electrons. The average molecular weight is 1150 g/mol. The molecule has 0 unspecified atom stereocenters. The van der Waals surface area contributed by atoms with E-state index in [2.05, 4.69) is 47.0 Å². The summed E-state index contributed by atoms with van der Waals surface area (Å²) in [6, 6.07) is 26.8. The highest BCUT2D eigenvalue weighted by molar-refractivity contribution is 9.09. The van der Waals surface area contributed by atoms with Crippen LogP contribution in [0.15, 0.2) is 97.1 Å². The van der Waals surface area contributed by atoms with Gasteiger partial charge in [-0.1, -0.05) is 74.5 Å². The number of aromatic nitrogens is 2. The summed E-state index contributed by atoms with van der Waals surface area (Å²) < 4.78 is 68.9. The number of hydrogen-bond acceptors (Lipinski definition) is 11. The van der Waals surface area contributed by atoms with Crippen molar-refractivity contribution in [2.75, 3.05) is 77.4 Å². The molecule has 2 aliphatic rings. The van der Waals surface area contributed by atoms with Crippen LogP contribution < -0.4 is 25.6 Å². The van der Waals surface area contributed by atoms with Gasteiger partial charge >= 0.3 is 12.1 Å². The van der Waals surface area contributed by atoms with Crippen molar-refractivity contribution in [3.63, 3.8) is 0 Å². The number of benzene rings is 4. The zero-order valence-electron chi connectivity index (χ0n) is 38.1. The van der Waals surface area contributed by atoms with Crippen molar-refractivity contribution in [2.45, 2.75) is 19.0 Å². The number of halogens is 10. The fourth-order valence-electron chi connectivity index (χ4n) is 6.56. The Bertz CT molecular complexity index is 2760. The summed E-state index contributed by atoms with van der Waals surface area (Å²) >= 11 is 26.4. The minimum Gasteiger partial charge on any atom is -0.493 e. The molecule has 0 spiro atoms. The highest BCUT2D eigenvalue weighted by Gasteiger charge is 2.38. The van der Waals surface area contributed by atoms with Crippen LogP contribution in [0.4, 0.5) is 22.0 Å². The second kappa shape index (κ2) is 28.9. The standard InChI is InChI=1S/C23H23Cl2FN4O2.C14H15ClN4O.C9H9BrClFO.C2HF3O2/c24-17-3-7-21-16(14-17)2-6-22(27-21)23(31)28-30-11-9-29(10-12-30)8-1-13-32-18-4-5-19(25)20(26)15-18;15-11-2-4-12-10(9-11)1-3-13(17-12)14(20)18-19-7-5-16-6-8-19;10-4-1-5-13-7-2-3-8(11)9(12)6-7;3-2(4,5)1(6)7/h2-7,14-15H,1,8-13H2,(H,28,31);1-4,9,16H,5-8H2,(H,18,20);2-3,6H,1,4-5H2;(H,6,7). The fourth-order valence-corrected chi connectivity index (χ4v) is 7.39. The Hall–Kier alpha value is -5.16. The highest BCUT2D eigenvalue weighted by Crippen LogP contribution is 2.23. The van der Waals surface area contributed by atoms with Gasteiger partial charge in [-0.15, -0.1) is 0 Å². The van der Waals surface area contributed by atoms with Crippen LogP contribution in [0.2, 0.25) is 20.1 Å². The zero-order valence-corrected chi connectivity index (χ0v) is 42.8. The number of amides is 2. The Labute approximate surface area is 439 Å². The van der Waals surface area contributed by atoms with Crippen LogP contribution in [0.5, 0.6) is 11.5 Å². The van der Waals surface area contributed by atoms with Gasteiger partial charge in [0.2, 0.25) is 0 Å². The molecule has 2 aromatic heterocycles. The number of fused-ring (bicyclic) bond motifs is 2. The molecule has 24 heteroatoms. The van der Waals surface area contributed by atoms with E-state index in [4.69, 9.17) is 65.8 Å². The van der Waals surface area contributed by atoms with E-state index in [0.717, 1.165) is 98.9 Å². The summed E-state index contributed by atoms with van der Waals surface area (Å²) in [4.78, 5) is 44.8. The molecule has 0 bridgehead atoms. The number of carboxylic acid groups (broad SMARTS) is 1. The molecule has 4 heterocycles. The molecule has 2 fully saturated rings. The largest absolute Gasteiger partial charge is 0.493 e. The van der Waals surface area contributed by atoms with E-state index in [1.807, 2.05) is 40.3 Å². The van der Waals surface area contributed by atoms with Crippen molar-refractivity contribution < 1.29 is 50.9 Å². The van der Waals surface area contributed by atoms with Gasteiger partial charge in [-0.25, -0.2) is 33.6 Å². The van der Waals surface area contributed by atoms with E-state index >= 15 is 0 Å². The second-order valence-electron chi connectivity index (χ2n) is 15.6. The van der Waals surface area contributed by atoms with Crippen molar-refractivity contribution in [3.05, 3.63) is 140 Å². The van der Waals surface area contributed by atoms with Crippen molar-refractivity contribution >= 4 is 102 Å². The summed E-state index contributed by atoms with van der Waals surface area (Å²) in [5.41, 5.74) is 8.10. The van der Waals surface area contributed by atoms with Crippen molar-refractivity contribution in [1.29, 1.82) is 0 Å². The SMILES string of the molecule is Fc1cc(OCCCBr)ccc1Cl.O=C(NN1CCN(CCCOc2ccc(Cl)c(F)c2)CC1)c1ccc2cc(Cl)ccc2n1.O=C(NN1CCNCC1)c1ccc2cc(Cl)ccc2n1.O=C(O)C(F)(F)F. The summed E-state index contributed by atoms with van der Waals surface area (Å²) in [5.74, 6) is -3.09. The van der Waals surface area contributed by atoms with Gasteiger partial charge in [-0.3, -0.25) is 20.4 Å². The summed E-state index contributed by atoms with van der Waals surface area (Å²) in [6.07, 6.45) is -3.37. The predicted molar refractivity (Wildman–Crippen MR) is 271 cm³/mol. The number of carboxylic acids is 1. The van der Waals surface area contributed by atoms with Gasteiger partial charge in [0, 0.05) is 97.2 Å². The number of carbonyl (C=O) groups is 3. The molecule has 0 aliphatic carbocycles. The molecule has 14 nitrogen and oxygen atoms in total. The van der Waals surface area contributed by atoms with Crippen LogP contribution in [0.1, 0.15) is 33.8 Å². The third-order valence-corrected chi connectivity index (χ3v) is 11.9. The van der Waals surface area contributed by atoms with Gasteiger partial charge in [0.25, 0.3) is 11.8 Å². The first kappa shape index (κ1) is 57.7. The monoisotopic (exact) mass is 1150 g/mol. The van der Waals surface area contributed by atoms with Gasteiger partial charge in [-0.05, 0) is 85.6 Å². The molecule has 2 aliphatic heterocycles. The first-order valence-electron chi connectivity index (χ1n) is 22.1. The van der Waals surface area contributed by atoms with E-state index in [0.29, 0.717) is 46.1 Å². The number of piperazine rings is 2. The lowest BCUT2D eigenvalue weighted by Gasteiger charge is -2.34. The van der Waals surface area contributed by atoms with E-state index < -0.39 is 23.8 Å². The number of pyridine rings is 2. The first-order valence-corrected chi connectivity index (χ1v) is 24.7. The zero-order chi connectivity index (χ0) is 52.2. The predicted octanol–water partition coefficient (Wildman–Crippen LogP) is 10.1. The normalized spacial score (nSPS) is 14.1. The highest BCUT2D eigenvalue weighted by atomic mass is 79.9. The van der Waals surface area contributed by atoms with Gasteiger partial charge < -0.3 is 24.8 Å². The lowest BCUT2D eigenvalue weighted by Crippen LogP contribution is -2.53. The first-order chi connectivity index (χ1) is 34.4. The molecule has 0 radical (unpaired) electrons. The lowest BCUT2D eigenvalue weighted by atomic mass is 10.2. The molecule has 72 heavy (non-hydrogen) atoms. The summed E-state index contributed by atoms with van der Waals surface area (Å²) in [5, 5.41) is 18.4. The minimum absolute atomic E-state index is 0.0867. The molecule has 4 N–H and O–H groups in total. The molecular weight excluding hydrogens is 1100 g/mol. The van der Waals surface area contributed by atoms with Crippen molar-refractivity contribution in [2.24, 2.45) is 0 Å². The maximum atomic E-state index is 13.4. The Kier molecular flexibility index (Phi) is 23.2. The van der Waals surface area contributed by atoms with E-state index in [-0.39, 0.29) is 21.9 Å². The van der Waals surface area contributed by atoms with Crippen LogP contribution in [-0.4, -0.2) is 131 Å². The molecule has 6 aromatic rings. The Balaban J connectivity index is 0.000000204. The van der Waals surface area contributed by atoms with Crippen LogP contribution >= 0.6 is 62.3 Å². The Morgan fingerprint density at radius 2 is 1.08 bits per heavy atom. The molecule has 0 atom stereocenters. The van der Waals surface area contributed by atoms with E-state index in [9.17, 15) is 31.5 Å². The van der Waals surface area contributed by atoms with Gasteiger partial charge in [0.1, 0.15) is 34.5 Å². The van der Waals surface area contributed by atoms with Crippen LogP contribution in [0.25, 0.3) is 21.8 Å². The third kappa shape index (κ3) is 19.4. The molecule has 4 aromatic carbocycles. The lowest BCUT2D eigenvalue weighted by molar-refractivity contribution is -0.192. The van der Waals surface area contributed by atoms with Crippen LogP contribution in [-0.2, 0) is 4.79 Å². The van der Waals surface area contributed by atoms with Crippen molar-refractivity contribution in [1.82, 2.24) is 41.1 Å². The minimum atomic E-state index is -5.08. The molecule has 8 rings (SSSR count). The number of rotatable bonds is 13. The molecule has 2 saturated heterocycles. The van der Waals surface area contributed by atoms with Gasteiger partial charge in [0.05, 0.1) is 34.3 Å². The average Bonchev–Trinajstić information content (AvgIpc) is 3.36. The Morgan fingerprint density at radius 3 is 1.51 bits per heavy atom. The molecule has 2 amide bonds. The van der Waals surface area contributed by atoms with E-state index in [1.165, 1.54) is 24.3 Å². The van der Waals surface area contributed by atoms with Gasteiger partial charge in [0.15, 0.2) is 0 Å². The topological polar surface area (TPSA) is 161 Å². The molecular formula is C48H48BrCl4F5N8O6. The van der Waals surface area contributed by atoms with Crippen LogP contribution in [0, 0.1) is 11.6 Å². The smallest absolute Gasteiger partial charge is 0.490 e. The summed E-state index contributed by atoms with van der Waals surface area (Å²) in [6.45, 7) is 8.41. The van der Waals surface area contributed by atoms with Gasteiger partial charge in [-0.2, -0.15) is 13.2 Å². The Morgan fingerprint density at radius 1 is 0.639 bits per heavy atom. The number of alkyl halides is 4. The van der Waals surface area contributed by atoms with Crippen molar-refractivity contribution in [3.8, 4) is 11.5 Å². The third-order valence-electron chi connectivity index (χ3n) is 10.2. The van der Waals surface area contributed by atoms with E-state index in [1.54, 1.807) is 42.5 Å². The summed E-state index contributed by atoms with van der Waals surface area (Å²) in [7, 11) is 0. The second-order valence-corrected chi connectivity index (χ2v) is 18.0. The number of nitrogens with zero attached hydrogens (tertiary/aromatic N) is 5. The maximum absolute atomic E-state index is 13.4.